The molecule has 0 atom stereocenters. The largest absolute Gasteiger partial charge is 0.375 e. The van der Waals surface area contributed by atoms with E-state index in [0.29, 0.717) is 16.4 Å². The molecule has 0 aliphatic carbocycles. The first kappa shape index (κ1) is 11.1. The Morgan fingerprint density at radius 1 is 1.57 bits per heavy atom. The van der Waals surface area contributed by atoms with E-state index < -0.39 is 0 Å². The van der Waals surface area contributed by atoms with Crippen molar-refractivity contribution in [2.24, 2.45) is 0 Å². The number of nitrogens with two attached hydrogens (primary N) is 1. The van der Waals surface area contributed by atoms with Crippen LogP contribution < -0.4 is 5.73 Å². The monoisotopic (exact) mass is 213 g/mol. The van der Waals surface area contributed by atoms with Crippen molar-refractivity contribution in [3.05, 3.63) is 10.6 Å². The summed E-state index contributed by atoms with van der Waals surface area (Å²) in [6, 6.07) is 0. The first-order chi connectivity index (χ1) is 6.50. The molecule has 0 spiro atoms. The summed E-state index contributed by atoms with van der Waals surface area (Å²) >= 11 is 1.27. The molecule has 4 nitrogen and oxygen atoms in total. The Bertz CT molecular complexity index is 333. The van der Waals surface area contributed by atoms with E-state index in [4.69, 9.17) is 5.73 Å². The van der Waals surface area contributed by atoms with Gasteiger partial charge in [0.25, 0.3) is 0 Å². The van der Waals surface area contributed by atoms with Gasteiger partial charge in [0.05, 0.1) is 10.6 Å². The number of aryl methyl sites for hydroxylation is 1. The third kappa shape index (κ3) is 2.78. The Balaban J connectivity index is 2.65. The van der Waals surface area contributed by atoms with E-state index in [-0.39, 0.29) is 5.78 Å². The molecular weight excluding hydrogens is 198 g/mol. The average molecular weight is 213 g/mol. The first-order valence-electron chi connectivity index (χ1n) is 4.41. The molecule has 0 aliphatic heterocycles. The van der Waals surface area contributed by atoms with E-state index in [1.807, 2.05) is 25.9 Å². The van der Waals surface area contributed by atoms with E-state index in [9.17, 15) is 4.79 Å². The number of carbonyl (C=O) groups excluding carboxylic acids is 1. The Labute approximate surface area is 87.7 Å². The highest BCUT2D eigenvalue weighted by Crippen LogP contribution is 2.21. The highest BCUT2D eigenvalue weighted by Gasteiger charge is 2.13. The standard InChI is InChI=1S/C9H15N3OS/c1-6-8(14-9(10)11-6)7(13)4-5-12(2)3/h4-5H2,1-3H3,(H2,10,11). The number of Topliss-reactive ketones (excluding diaryl/α,β-unsaturated/α-hetero) is 1. The third-order valence-electron chi connectivity index (χ3n) is 1.85. The molecule has 0 aliphatic rings. The minimum Gasteiger partial charge on any atom is -0.375 e. The highest BCUT2D eigenvalue weighted by atomic mass is 32.1. The number of hydrogen-bond donors (Lipinski definition) is 1. The van der Waals surface area contributed by atoms with Gasteiger partial charge in [0.15, 0.2) is 10.9 Å². The predicted molar refractivity (Wildman–Crippen MR) is 58.8 cm³/mol. The third-order valence-corrected chi connectivity index (χ3v) is 2.88. The normalized spacial score (nSPS) is 10.9. The fourth-order valence-corrected chi connectivity index (χ4v) is 1.92. The topological polar surface area (TPSA) is 59.2 Å². The average Bonchev–Trinajstić information content (AvgIpc) is 2.41. The van der Waals surface area contributed by atoms with Crippen LogP contribution in [0.15, 0.2) is 0 Å². The lowest BCUT2D eigenvalue weighted by Crippen LogP contribution is -2.16. The smallest absolute Gasteiger partial charge is 0.180 e. The Kier molecular flexibility index (Phi) is 3.60. The SMILES string of the molecule is Cc1nc(N)sc1C(=O)CCN(C)C. The maximum Gasteiger partial charge on any atom is 0.180 e. The van der Waals surface area contributed by atoms with Gasteiger partial charge >= 0.3 is 0 Å². The van der Waals surface area contributed by atoms with Crippen molar-refractivity contribution < 1.29 is 4.79 Å². The van der Waals surface area contributed by atoms with Crippen LogP contribution in [0.5, 0.6) is 0 Å². The van der Waals surface area contributed by atoms with Gasteiger partial charge in [-0.05, 0) is 21.0 Å². The molecule has 0 fully saturated rings. The van der Waals surface area contributed by atoms with E-state index in [1.165, 1.54) is 11.3 Å². The summed E-state index contributed by atoms with van der Waals surface area (Å²) in [4.78, 5) is 18.4. The molecule has 78 valence electrons. The van der Waals surface area contributed by atoms with Crippen molar-refractivity contribution in [1.82, 2.24) is 9.88 Å². The lowest BCUT2D eigenvalue weighted by Gasteiger charge is -2.07. The van der Waals surface area contributed by atoms with Crippen LogP contribution in [0, 0.1) is 6.92 Å². The van der Waals surface area contributed by atoms with Crippen LogP contribution in [-0.2, 0) is 0 Å². The Hall–Kier alpha value is -0.940. The molecule has 0 saturated heterocycles. The van der Waals surface area contributed by atoms with Crippen LogP contribution in [0.1, 0.15) is 21.8 Å². The summed E-state index contributed by atoms with van der Waals surface area (Å²) in [5.74, 6) is 0.130. The van der Waals surface area contributed by atoms with Gasteiger partial charge in [-0.3, -0.25) is 4.79 Å². The second-order valence-electron chi connectivity index (χ2n) is 3.44. The minimum absolute atomic E-state index is 0.130. The van der Waals surface area contributed by atoms with E-state index in [2.05, 4.69) is 4.98 Å². The summed E-state index contributed by atoms with van der Waals surface area (Å²) in [6.07, 6.45) is 0.523. The van der Waals surface area contributed by atoms with Gasteiger partial charge in [-0.15, -0.1) is 0 Å². The van der Waals surface area contributed by atoms with E-state index in [1.54, 1.807) is 0 Å². The van der Waals surface area contributed by atoms with Gasteiger partial charge in [0.1, 0.15) is 0 Å². The second-order valence-corrected chi connectivity index (χ2v) is 4.47. The molecule has 0 bridgehead atoms. The molecule has 0 amide bonds. The number of aromatic nitrogens is 1. The zero-order chi connectivity index (χ0) is 10.7. The molecule has 0 radical (unpaired) electrons. The van der Waals surface area contributed by atoms with Gasteiger partial charge in [-0.2, -0.15) is 0 Å². The van der Waals surface area contributed by atoms with Crippen molar-refractivity contribution in [1.29, 1.82) is 0 Å². The maximum absolute atomic E-state index is 11.7. The number of hydrogen-bond acceptors (Lipinski definition) is 5. The van der Waals surface area contributed by atoms with E-state index >= 15 is 0 Å². The highest BCUT2D eigenvalue weighted by molar-refractivity contribution is 7.17. The molecule has 1 aromatic heterocycles. The quantitative estimate of drug-likeness (QED) is 0.763. The van der Waals surface area contributed by atoms with Crippen molar-refractivity contribution in [3.8, 4) is 0 Å². The van der Waals surface area contributed by atoms with Crippen molar-refractivity contribution in [2.75, 3.05) is 26.4 Å². The molecule has 1 rings (SSSR count). The Morgan fingerprint density at radius 2 is 2.21 bits per heavy atom. The second kappa shape index (κ2) is 4.52. The van der Waals surface area contributed by atoms with Crippen molar-refractivity contribution in [3.63, 3.8) is 0 Å². The fourth-order valence-electron chi connectivity index (χ4n) is 1.11. The predicted octanol–water partition coefficient (Wildman–Crippen LogP) is 1.17. The zero-order valence-electron chi connectivity index (χ0n) is 8.70. The summed E-state index contributed by atoms with van der Waals surface area (Å²) in [7, 11) is 3.89. The van der Waals surface area contributed by atoms with Crippen molar-refractivity contribution in [2.45, 2.75) is 13.3 Å². The van der Waals surface area contributed by atoms with Crippen LogP contribution >= 0.6 is 11.3 Å². The van der Waals surface area contributed by atoms with Gasteiger partial charge < -0.3 is 10.6 Å². The van der Waals surface area contributed by atoms with Crippen molar-refractivity contribution >= 4 is 22.3 Å². The number of ketones is 1. The molecule has 0 saturated carbocycles. The molecule has 2 N–H and O–H groups in total. The van der Waals surface area contributed by atoms with Crippen LogP contribution in [0.25, 0.3) is 0 Å². The summed E-state index contributed by atoms with van der Waals surface area (Å²) < 4.78 is 0. The lowest BCUT2D eigenvalue weighted by molar-refractivity contribution is 0.0975. The molecule has 5 heteroatoms. The number of carbonyl (C=O) groups is 1. The molecule has 0 unspecified atom stereocenters. The number of anilines is 1. The molecule has 1 aromatic rings. The maximum atomic E-state index is 11.7. The van der Waals surface area contributed by atoms with Gasteiger partial charge in [-0.25, -0.2) is 4.98 Å². The van der Waals surface area contributed by atoms with Gasteiger partial charge in [0, 0.05) is 13.0 Å². The fraction of sp³-hybridized carbons (Fsp3) is 0.556. The van der Waals surface area contributed by atoms with Crippen LogP contribution in [0.4, 0.5) is 5.13 Å². The zero-order valence-corrected chi connectivity index (χ0v) is 9.52. The first-order valence-corrected chi connectivity index (χ1v) is 5.23. The van der Waals surface area contributed by atoms with E-state index in [0.717, 1.165) is 12.2 Å². The number of nitrogens with zero attached hydrogens (tertiary/aromatic N) is 2. The number of rotatable bonds is 4. The molecule has 14 heavy (non-hydrogen) atoms. The summed E-state index contributed by atoms with van der Waals surface area (Å²) in [5, 5.41) is 0.468. The summed E-state index contributed by atoms with van der Waals surface area (Å²) in [6.45, 7) is 2.58. The van der Waals surface area contributed by atoms with Crippen LogP contribution in [-0.4, -0.2) is 36.3 Å². The van der Waals surface area contributed by atoms with Crippen LogP contribution in [0.3, 0.4) is 0 Å². The molecule has 0 aromatic carbocycles. The molecule has 1 heterocycles. The van der Waals surface area contributed by atoms with Gasteiger partial charge in [-0.1, -0.05) is 11.3 Å². The Morgan fingerprint density at radius 3 is 2.64 bits per heavy atom. The van der Waals surface area contributed by atoms with Gasteiger partial charge in [0.2, 0.25) is 0 Å². The number of nitrogen functional groups attached to an aromatic ring is 1. The summed E-state index contributed by atoms with van der Waals surface area (Å²) in [5.41, 5.74) is 6.26. The molecular formula is C9H15N3OS. The number of thiazole rings is 1. The minimum atomic E-state index is 0.130. The van der Waals surface area contributed by atoms with Crippen LogP contribution in [0.2, 0.25) is 0 Å². The lowest BCUT2D eigenvalue weighted by atomic mass is 10.2.